The van der Waals surface area contributed by atoms with E-state index in [1.807, 2.05) is 0 Å². The lowest BCUT2D eigenvalue weighted by Crippen LogP contribution is -2.52. The molecule has 1 heterocycles. The second-order valence-corrected chi connectivity index (χ2v) is 6.48. The molecule has 2 aliphatic rings. The summed E-state index contributed by atoms with van der Waals surface area (Å²) in [5.74, 6) is 0.486. The minimum Gasteiger partial charge on any atom is -0.395 e. The van der Waals surface area contributed by atoms with Crippen LogP contribution in [0.3, 0.4) is 0 Å². The lowest BCUT2D eigenvalue weighted by molar-refractivity contribution is -0.111. The van der Waals surface area contributed by atoms with E-state index in [1.54, 1.807) is 0 Å². The van der Waals surface area contributed by atoms with Gasteiger partial charge in [0.15, 0.2) is 0 Å². The normalized spacial score (nSPS) is 29.7. The Hall–Kier alpha value is -0.120. The van der Waals surface area contributed by atoms with Gasteiger partial charge >= 0.3 is 0 Å². The summed E-state index contributed by atoms with van der Waals surface area (Å²) in [6.45, 7) is 5.46. The van der Waals surface area contributed by atoms with Crippen LogP contribution in [-0.2, 0) is 4.74 Å². The third kappa shape index (κ3) is 3.46. The minimum atomic E-state index is 0.158. The van der Waals surface area contributed by atoms with Gasteiger partial charge in [0.25, 0.3) is 0 Å². The van der Waals surface area contributed by atoms with Crippen LogP contribution in [0.1, 0.15) is 58.8 Å². The average Bonchev–Trinajstić information content (AvgIpc) is 2.36. The van der Waals surface area contributed by atoms with Crippen LogP contribution in [0.4, 0.5) is 0 Å². The number of aliphatic hydroxyl groups is 1. The summed E-state index contributed by atoms with van der Waals surface area (Å²) in [5, 5.41) is 13.1. The Morgan fingerprint density at radius 2 is 2.00 bits per heavy atom. The first-order valence-corrected chi connectivity index (χ1v) is 7.66. The van der Waals surface area contributed by atoms with Crippen LogP contribution >= 0.6 is 0 Å². The fourth-order valence-corrected chi connectivity index (χ4v) is 3.47. The molecule has 1 aliphatic carbocycles. The SMILES string of the molecule is CC(C)C(CO)NC1CCOC2(CCCCC2)C1. The Morgan fingerprint density at radius 3 is 2.61 bits per heavy atom. The number of hydrogen-bond donors (Lipinski definition) is 2. The molecule has 106 valence electrons. The maximum Gasteiger partial charge on any atom is 0.0697 e. The summed E-state index contributed by atoms with van der Waals surface area (Å²) in [5.41, 5.74) is 0.158. The number of ether oxygens (including phenoxy) is 1. The van der Waals surface area contributed by atoms with Gasteiger partial charge in [0, 0.05) is 18.7 Å². The van der Waals surface area contributed by atoms with E-state index in [4.69, 9.17) is 4.74 Å². The van der Waals surface area contributed by atoms with Crippen LogP contribution in [0.15, 0.2) is 0 Å². The van der Waals surface area contributed by atoms with E-state index < -0.39 is 0 Å². The molecular weight excluding hydrogens is 226 g/mol. The molecule has 0 radical (unpaired) electrons. The lowest BCUT2D eigenvalue weighted by atomic mass is 9.78. The summed E-state index contributed by atoms with van der Waals surface area (Å²) in [6, 6.07) is 0.755. The van der Waals surface area contributed by atoms with Crippen molar-refractivity contribution in [2.75, 3.05) is 13.2 Å². The zero-order valence-electron chi connectivity index (χ0n) is 12.0. The van der Waals surface area contributed by atoms with Gasteiger partial charge in [-0.25, -0.2) is 0 Å². The third-order valence-electron chi connectivity index (χ3n) is 4.71. The van der Waals surface area contributed by atoms with Crippen molar-refractivity contribution in [1.82, 2.24) is 5.32 Å². The lowest BCUT2D eigenvalue weighted by Gasteiger charge is -2.44. The first kappa shape index (κ1) is 14.3. The topological polar surface area (TPSA) is 41.5 Å². The molecule has 3 nitrogen and oxygen atoms in total. The van der Waals surface area contributed by atoms with Gasteiger partial charge in [-0.2, -0.15) is 0 Å². The molecule has 0 amide bonds. The van der Waals surface area contributed by atoms with Crippen molar-refractivity contribution in [2.45, 2.75) is 76.5 Å². The molecule has 2 fully saturated rings. The van der Waals surface area contributed by atoms with Crippen molar-refractivity contribution in [3.8, 4) is 0 Å². The Labute approximate surface area is 111 Å². The number of nitrogens with one attached hydrogen (secondary N) is 1. The molecule has 1 saturated carbocycles. The quantitative estimate of drug-likeness (QED) is 0.811. The zero-order chi connectivity index (χ0) is 13.0. The Bertz CT molecular complexity index is 243. The van der Waals surface area contributed by atoms with E-state index in [0.717, 1.165) is 19.4 Å². The highest BCUT2D eigenvalue weighted by Crippen LogP contribution is 2.38. The highest BCUT2D eigenvalue weighted by Gasteiger charge is 2.38. The first-order valence-electron chi connectivity index (χ1n) is 7.66. The van der Waals surface area contributed by atoms with E-state index in [0.29, 0.717) is 12.0 Å². The van der Waals surface area contributed by atoms with Crippen molar-refractivity contribution in [1.29, 1.82) is 0 Å². The monoisotopic (exact) mass is 255 g/mol. The Kier molecular flexibility index (Phi) is 5.05. The van der Waals surface area contributed by atoms with E-state index in [1.165, 1.54) is 32.1 Å². The molecule has 3 heteroatoms. The third-order valence-corrected chi connectivity index (χ3v) is 4.71. The van der Waals surface area contributed by atoms with Crippen LogP contribution < -0.4 is 5.32 Å². The predicted molar refractivity (Wildman–Crippen MR) is 73.6 cm³/mol. The standard InChI is InChI=1S/C15H29NO2/c1-12(2)14(11-17)16-13-6-9-18-15(10-13)7-4-3-5-8-15/h12-14,16-17H,3-11H2,1-2H3. The summed E-state index contributed by atoms with van der Waals surface area (Å²) < 4.78 is 6.11. The number of rotatable bonds is 4. The second-order valence-electron chi connectivity index (χ2n) is 6.48. The highest BCUT2D eigenvalue weighted by atomic mass is 16.5. The van der Waals surface area contributed by atoms with E-state index in [-0.39, 0.29) is 18.2 Å². The summed E-state index contributed by atoms with van der Waals surface area (Å²) >= 11 is 0. The van der Waals surface area contributed by atoms with Crippen molar-refractivity contribution in [3.05, 3.63) is 0 Å². The van der Waals surface area contributed by atoms with Gasteiger partial charge in [0.1, 0.15) is 0 Å². The smallest absolute Gasteiger partial charge is 0.0697 e. The minimum absolute atomic E-state index is 0.158. The fourth-order valence-electron chi connectivity index (χ4n) is 3.47. The summed E-state index contributed by atoms with van der Waals surface area (Å²) in [7, 11) is 0. The number of hydrogen-bond acceptors (Lipinski definition) is 3. The van der Waals surface area contributed by atoms with Crippen LogP contribution in [0.5, 0.6) is 0 Å². The van der Waals surface area contributed by atoms with Gasteiger partial charge < -0.3 is 15.2 Å². The van der Waals surface area contributed by atoms with Crippen molar-refractivity contribution >= 4 is 0 Å². The van der Waals surface area contributed by atoms with Gasteiger partial charge in [-0.3, -0.25) is 0 Å². The second kappa shape index (κ2) is 6.36. The summed E-state index contributed by atoms with van der Waals surface area (Å²) in [4.78, 5) is 0. The predicted octanol–water partition coefficient (Wildman–Crippen LogP) is 2.47. The molecule has 1 saturated heterocycles. The highest BCUT2D eigenvalue weighted by molar-refractivity contribution is 4.93. The van der Waals surface area contributed by atoms with Gasteiger partial charge in [0.05, 0.1) is 12.2 Å². The Balaban J connectivity index is 1.89. The molecule has 0 bridgehead atoms. The molecule has 0 aromatic carbocycles. The Morgan fingerprint density at radius 1 is 1.28 bits per heavy atom. The van der Waals surface area contributed by atoms with Gasteiger partial charge in [-0.1, -0.05) is 33.1 Å². The summed E-state index contributed by atoms with van der Waals surface area (Å²) in [6.07, 6.45) is 8.70. The zero-order valence-corrected chi connectivity index (χ0v) is 12.0. The first-order chi connectivity index (χ1) is 8.65. The van der Waals surface area contributed by atoms with Crippen molar-refractivity contribution < 1.29 is 9.84 Å². The molecule has 2 N–H and O–H groups in total. The van der Waals surface area contributed by atoms with E-state index in [9.17, 15) is 5.11 Å². The van der Waals surface area contributed by atoms with Crippen LogP contribution in [0.25, 0.3) is 0 Å². The van der Waals surface area contributed by atoms with Crippen molar-refractivity contribution in [2.24, 2.45) is 5.92 Å². The van der Waals surface area contributed by atoms with Crippen LogP contribution in [-0.4, -0.2) is 36.0 Å². The maximum atomic E-state index is 9.44. The van der Waals surface area contributed by atoms with E-state index in [2.05, 4.69) is 19.2 Å². The average molecular weight is 255 g/mol. The largest absolute Gasteiger partial charge is 0.395 e. The van der Waals surface area contributed by atoms with Crippen LogP contribution in [0.2, 0.25) is 0 Å². The number of aliphatic hydroxyl groups excluding tert-OH is 1. The molecule has 2 atom stereocenters. The molecule has 18 heavy (non-hydrogen) atoms. The van der Waals surface area contributed by atoms with Gasteiger partial charge in [-0.15, -0.1) is 0 Å². The molecule has 1 spiro atoms. The molecule has 1 aliphatic heterocycles. The van der Waals surface area contributed by atoms with Crippen LogP contribution in [0, 0.1) is 5.92 Å². The van der Waals surface area contributed by atoms with Gasteiger partial charge in [-0.05, 0) is 31.6 Å². The molecule has 2 rings (SSSR count). The molecule has 0 aromatic heterocycles. The maximum absolute atomic E-state index is 9.44. The van der Waals surface area contributed by atoms with E-state index >= 15 is 0 Å². The molecular formula is C15H29NO2. The van der Waals surface area contributed by atoms with Crippen molar-refractivity contribution in [3.63, 3.8) is 0 Å². The molecule has 2 unspecified atom stereocenters. The fraction of sp³-hybridized carbons (Fsp3) is 1.00. The molecule has 0 aromatic rings. The van der Waals surface area contributed by atoms with Gasteiger partial charge in [0.2, 0.25) is 0 Å².